The Morgan fingerprint density at radius 3 is 2.19 bits per heavy atom. The molecular weight excluding hydrogens is 474 g/mol. The van der Waals surface area contributed by atoms with Crippen molar-refractivity contribution in [1.82, 2.24) is 4.31 Å². The van der Waals surface area contributed by atoms with Gasteiger partial charge in [0, 0.05) is 42.8 Å². The molecule has 2 aliphatic heterocycles. The van der Waals surface area contributed by atoms with Crippen molar-refractivity contribution >= 4 is 33.2 Å². The van der Waals surface area contributed by atoms with Crippen LogP contribution in [0.3, 0.4) is 0 Å². The first-order valence-electron chi connectivity index (χ1n) is 13.1. The van der Waals surface area contributed by atoms with Gasteiger partial charge in [-0.15, -0.1) is 0 Å². The Bertz CT molecular complexity index is 1260. The molecule has 1 saturated carbocycles. The number of carbonyl (C=O) groups is 2. The summed E-state index contributed by atoms with van der Waals surface area (Å²) in [4.78, 5) is 27.8. The van der Waals surface area contributed by atoms with E-state index < -0.39 is 10.0 Å². The summed E-state index contributed by atoms with van der Waals surface area (Å²) in [6.45, 7) is 5.33. The third kappa shape index (κ3) is 4.93. The molecule has 8 heteroatoms. The highest BCUT2D eigenvalue weighted by molar-refractivity contribution is 7.89. The average molecular weight is 510 g/mol. The molecule has 0 unspecified atom stereocenters. The summed E-state index contributed by atoms with van der Waals surface area (Å²) in [6.07, 6.45) is 5.61. The number of benzene rings is 2. The number of amides is 2. The molecule has 0 atom stereocenters. The Morgan fingerprint density at radius 1 is 0.861 bits per heavy atom. The number of anilines is 2. The van der Waals surface area contributed by atoms with Crippen LogP contribution in [0.2, 0.25) is 0 Å². The van der Waals surface area contributed by atoms with Crippen LogP contribution in [0, 0.1) is 25.7 Å². The number of aryl methyl sites for hydroxylation is 3. The van der Waals surface area contributed by atoms with E-state index in [2.05, 4.69) is 11.4 Å². The quantitative estimate of drug-likeness (QED) is 0.646. The van der Waals surface area contributed by atoms with Gasteiger partial charge in [0.25, 0.3) is 0 Å². The van der Waals surface area contributed by atoms with Crippen molar-refractivity contribution in [3.8, 4) is 0 Å². The molecule has 1 N–H and O–H groups in total. The molecule has 1 aliphatic carbocycles. The summed E-state index contributed by atoms with van der Waals surface area (Å²) in [7, 11) is -3.66. The maximum Gasteiger partial charge on any atom is 0.243 e. The van der Waals surface area contributed by atoms with Crippen molar-refractivity contribution in [2.24, 2.45) is 11.8 Å². The molecule has 0 radical (unpaired) electrons. The zero-order valence-electron chi connectivity index (χ0n) is 21.1. The van der Waals surface area contributed by atoms with Crippen LogP contribution in [-0.2, 0) is 26.0 Å². The zero-order chi connectivity index (χ0) is 25.4. The first kappa shape index (κ1) is 25.0. The van der Waals surface area contributed by atoms with Crippen molar-refractivity contribution in [3.05, 3.63) is 53.1 Å². The normalized spacial score (nSPS) is 19.4. The van der Waals surface area contributed by atoms with Gasteiger partial charge in [0.2, 0.25) is 21.8 Å². The summed E-state index contributed by atoms with van der Waals surface area (Å²) in [5, 5.41) is 3.00. The van der Waals surface area contributed by atoms with Gasteiger partial charge in [-0.25, -0.2) is 8.42 Å². The van der Waals surface area contributed by atoms with E-state index in [1.165, 1.54) is 4.31 Å². The van der Waals surface area contributed by atoms with E-state index in [1.807, 2.05) is 36.9 Å². The second-order valence-corrected chi connectivity index (χ2v) is 12.5. The number of piperidine rings is 1. The van der Waals surface area contributed by atoms with Crippen LogP contribution in [0.15, 0.2) is 41.3 Å². The average Bonchev–Trinajstić information content (AvgIpc) is 2.81. The van der Waals surface area contributed by atoms with E-state index in [4.69, 9.17) is 0 Å². The van der Waals surface area contributed by atoms with Gasteiger partial charge in [0.15, 0.2) is 0 Å². The second kappa shape index (κ2) is 9.98. The summed E-state index contributed by atoms with van der Waals surface area (Å²) in [6, 6.07) is 11.2. The van der Waals surface area contributed by atoms with E-state index in [9.17, 15) is 18.0 Å². The monoisotopic (exact) mass is 509 g/mol. The third-order valence-electron chi connectivity index (χ3n) is 7.84. The topological polar surface area (TPSA) is 86.8 Å². The largest absolute Gasteiger partial charge is 0.326 e. The van der Waals surface area contributed by atoms with Gasteiger partial charge in [-0.05, 0) is 99.4 Å². The predicted octanol–water partition coefficient (Wildman–Crippen LogP) is 4.42. The van der Waals surface area contributed by atoms with Crippen LogP contribution in [-0.4, -0.2) is 44.2 Å². The van der Waals surface area contributed by atoms with Crippen molar-refractivity contribution in [2.75, 3.05) is 29.9 Å². The maximum absolute atomic E-state index is 13.4. The molecule has 3 aliphatic rings. The lowest BCUT2D eigenvalue weighted by atomic mass is 9.83. The highest BCUT2D eigenvalue weighted by Gasteiger charge is 2.35. The molecule has 0 spiro atoms. The number of rotatable bonds is 5. The van der Waals surface area contributed by atoms with Gasteiger partial charge in [-0.1, -0.05) is 12.5 Å². The van der Waals surface area contributed by atoms with Crippen molar-refractivity contribution in [2.45, 2.75) is 63.7 Å². The van der Waals surface area contributed by atoms with Crippen LogP contribution < -0.4 is 10.2 Å². The smallest absolute Gasteiger partial charge is 0.243 e. The standard InChI is InChI=1S/C28H35N3O4S/c1-19-15-20(2)17-24(16-19)29-27(32)21-10-13-30(14-11-21)36(34,35)25-8-9-26-23(18-25)7-4-12-31(26)28(33)22-5-3-6-22/h8-9,15-18,21-22H,3-7,10-14H2,1-2H3,(H,29,32). The lowest BCUT2D eigenvalue weighted by molar-refractivity contribution is -0.124. The summed E-state index contributed by atoms with van der Waals surface area (Å²) < 4.78 is 28.4. The predicted molar refractivity (Wildman–Crippen MR) is 140 cm³/mol. The number of hydrogen-bond donors (Lipinski definition) is 1. The fourth-order valence-corrected chi connectivity index (χ4v) is 7.16. The van der Waals surface area contributed by atoms with E-state index in [1.54, 1.807) is 12.1 Å². The molecule has 7 nitrogen and oxygen atoms in total. The molecule has 2 aromatic carbocycles. The highest BCUT2D eigenvalue weighted by atomic mass is 32.2. The Balaban J connectivity index is 1.24. The summed E-state index contributed by atoms with van der Waals surface area (Å²) in [5.41, 5.74) is 4.75. The molecule has 0 bridgehead atoms. The van der Waals surface area contributed by atoms with Gasteiger partial charge in [-0.3, -0.25) is 9.59 Å². The molecule has 2 fully saturated rings. The van der Waals surface area contributed by atoms with Crippen LogP contribution in [0.4, 0.5) is 11.4 Å². The van der Waals surface area contributed by atoms with Crippen molar-refractivity contribution < 1.29 is 18.0 Å². The Hall–Kier alpha value is -2.71. The van der Waals surface area contributed by atoms with Crippen LogP contribution in [0.5, 0.6) is 0 Å². The van der Waals surface area contributed by atoms with Crippen LogP contribution >= 0.6 is 0 Å². The molecule has 2 aromatic rings. The van der Waals surface area contributed by atoms with E-state index >= 15 is 0 Å². The molecule has 36 heavy (non-hydrogen) atoms. The maximum atomic E-state index is 13.4. The number of sulfonamides is 1. The molecule has 5 rings (SSSR count). The summed E-state index contributed by atoms with van der Waals surface area (Å²) >= 11 is 0. The minimum Gasteiger partial charge on any atom is -0.326 e. The lowest BCUT2D eigenvalue weighted by Crippen LogP contribution is -2.42. The SMILES string of the molecule is Cc1cc(C)cc(NC(=O)C2CCN(S(=O)(=O)c3ccc4c(c3)CCCN4C(=O)C3CCC3)CC2)c1. The van der Waals surface area contributed by atoms with Crippen molar-refractivity contribution in [3.63, 3.8) is 0 Å². The van der Waals surface area contributed by atoms with E-state index in [0.717, 1.165) is 60.2 Å². The minimum atomic E-state index is -3.66. The van der Waals surface area contributed by atoms with Crippen LogP contribution in [0.1, 0.15) is 55.2 Å². The fourth-order valence-electron chi connectivity index (χ4n) is 5.64. The van der Waals surface area contributed by atoms with Gasteiger partial charge in [0.05, 0.1) is 4.90 Å². The van der Waals surface area contributed by atoms with Crippen molar-refractivity contribution in [1.29, 1.82) is 0 Å². The fraction of sp³-hybridized carbons (Fsp3) is 0.500. The first-order valence-corrected chi connectivity index (χ1v) is 14.5. The Morgan fingerprint density at radius 2 is 1.56 bits per heavy atom. The Kier molecular flexibility index (Phi) is 6.92. The molecule has 2 heterocycles. The number of nitrogens with zero attached hydrogens (tertiary/aromatic N) is 2. The number of hydrogen-bond acceptors (Lipinski definition) is 4. The van der Waals surface area contributed by atoms with Gasteiger partial charge in [0.1, 0.15) is 0 Å². The lowest BCUT2D eigenvalue weighted by Gasteiger charge is -2.35. The second-order valence-electron chi connectivity index (χ2n) is 10.6. The highest BCUT2D eigenvalue weighted by Crippen LogP contribution is 2.35. The van der Waals surface area contributed by atoms with Gasteiger partial charge < -0.3 is 10.2 Å². The van der Waals surface area contributed by atoms with E-state index in [0.29, 0.717) is 32.5 Å². The first-order chi connectivity index (χ1) is 17.2. The molecular formula is C28H35N3O4S. The number of fused-ring (bicyclic) bond motifs is 1. The minimum absolute atomic E-state index is 0.0537. The number of carbonyl (C=O) groups excluding carboxylic acids is 2. The van der Waals surface area contributed by atoms with Gasteiger partial charge >= 0.3 is 0 Å². The summed E-state index contributed by atoms with van der Waals surface area (Å²) in [5.74, 6) is 0.0284. The number of nitrogens with one attached hydrogen (secondary N) is 1. The Labute approximate surface area is 213 Å². The molecule has 2 amide bonds. The van der Waals surface area contributed by atoms with Gasteiger partial charge in [-0.2, -0.15) is 4.31 Å². The van der Waals surface area contributed by atoms with E-state index in [-0.39, 0.29) is 28.5 Å². The molecule has 192 valence electrons. The molecule has 0 aromatic heterocycles. The zero-order valence-corrected chi connectivity index (χ0v) is 21.9. The van der Waals surface area contributed by atoms with Crippen LogP contribution in [0.25, 0.3) is 0 Å². The molecule has 1 saturated heterocycles. The third-order valence-corrected chi connectivity index (χ3v) is 9.74.